The Balaban J connectivity index is 2.44. The molecule has 88 valence electrons. The van der Waals surface area contributed by atoms with E-state index in [1.165, 1.54) is 6.07 Å². The zero-order valence-electron chi connectivity index (χ0n) is 8.62. The van der Waals surface area contributed by atoms with Crippen LogP contribution in [0.1, 0.15) is 5.56 Å². The summed E-state index contributed by atoms with van der Waals surface area (Å²) in [5.41, 5.74) is 5.77. The molecular formula is C11H13BrFNO2. The largest absolute Gasteiger partial charge is 0.395 e. The first-order valence-corrected chi connectivity index (χ1v) is 5.79. The number of nitrogens with two attached hydrogens (primary N) is 1. The van der Waals surface area contributed by atoms with Crippen molar-refractivity contribution in [1.29, 1.82) is 0 Å². The van der Waals surface area contributed by atoms with Crippen LogP contribution in [0, 0.1) is 5.82 Å². The van der Waals surface area contributed by atoms with Gasteiger partial charge in [-0.1, -0.05) is 15.9 Å². The minimum Gasteiger partial charge on any atom is -0.395 e. The average molecular weight is 290 g/mol. The lowest BCUT2D eigenvalue weighted by atomic mass is 9.73. The Morgan fingerprint density at radius 3 is 2.75 bits per heavy atom. The SMILES string of the molecule is NC(CO)C1(c2cc(Br)ccc2F)COC1. The third-order valence-corrected chi connectivity index (χ3v) is 3.58. The molecule has 3 nitrogen and oxygen atoms in total. The molecule has 1 atom stereocenters. The minimum atomic E-state index is -0.595. The molecule has 0 saturated carbocycles. The predicted octanol–water partition coefficient (Wildman–Crippen LogP) is 1.18. The summed E-state index contributed by atoms with van der Waals surface area (Å²) in [5.74, 6) is -0.310. The van der Waals surface area contributed by atoms with Crippen molar-refractivity contribution in [3.63, 3.8) is 0 Å². The fraction of sp³-hybridized carbons (Fsp3) is 0.455. The Hall–Kier alpha value is -0.490. The summed E-state index contributed by atoms with van der Waals surface area (Å²) in [4.78, 5) is 0. The van der Waals surface area contributed by atoms with Gasteiger partial charge in [-0.15, -0.1) is 0 Å². The topological polar surface area (TPSA) is 55.5 Å². The van der Waals surface area contributed by atoms with Crippen molar-refractivity contribution in [1.82, 2.24) is 0 Å². The number of aliphatic hydroxyl groups is 1. The number of rotatable bonds is 3. The van der Waals surface area contributed by atoms with Gasteiger partial charge in [-0.2, -0.15) is 0 Å². The van der Waals surface area contributed by atoms with Crippen LogP contribution in [0.4, 0.5) is 4.39 Å². The number of benzene rings is 1. The fourth-order valence-corrected chi connectivity index (χ4v) is 2.31. The third-order valence-electron chi connectivity index (χ3n) is 3.09. The van der Waals surface area contributed by atoms with Crippen molar-refractivity contribution in [2.24, 2.45) is 5.73 Å². The Bertz CT molecular complexity index is 396. The van der Waals surface area contributed by atoms with Crippen molar-refractivity contribution >= 4 is 15.9 Å². The average Bonchev–Trinajstić information content (AvgIpc) is 2.21. The van der Waals surface area contributed by atoms with Gasteiger partial charge in [0.05, 0.1) is 25.2 Å². The van der Waals surface area contributed by atoms with Gasteiger partial charge in [0.2, 0.25) is 0 Å². The van der Waals surface area contributed by atoms with E-state index in [1.54, 1.807) is 12.1 Å². The van der Waals surface area contributed by atoms with Gasteiger partial charge in [0.25, 0.3) is 0 Å². The highest BCUT2D eigenvalue weighted by Crippen LogP contribution is 2.37. The number of halogens is 2. The van der Waals surface area contributed by atoms with Crippen LogP contribution < -0.4 is 5.73 Å². The number of hydrogen-bond donors (Lipinski definition) is 2. The summed E-state index contributed by atoms with van der Waals surface area (Å²) >= 11 is 3.30. The summed E-state index contributed by atoms with van der Waals surface area (Å²) in [7, 11) is 0. The monoisotopic (exact) mass is 289 g/mol. The van der Waals surface area contributed by atoms with Crippen molar-refractivity contribution in [2.45, 2.75) is 11.5 Å². The van der Waals surface area contributed by atoms with E-state index in [0.29, 0.717) is 18.8 Å². The van der Waals surface area contributed by atoms with E-state index in [9.17, 15) is 4.39 Å². The summed E-state index contributed by atoms with van der Waals surface area (Å²) in [6, 6.07) is 4.22. The molecule has 5 heteroatoms. The van der Waals surface area contributed by atoms with Gasteiger partial charge in [0.1, 0.15) is 5.82 Å². The molecule has 0 aromatic heterocycles. The van der Waals surface area contributed by atoms with Gasteiger partial charge < -0.3 is 15.6 Å². The van der Waals surface area contributed by atoms with Crippen molar-refractivity contribution in [2.75, 3.05) is 19.8 Å². The summed E-state index contributed by atoms with van der Waals surface area (Å²) in [6.07, 6.45) is 0. The first-order valence-electron chi connectivity index (χ1n) is 5.00. The Morgan fingerprint density at radius 1 is 1.56 bits per heavy atom. The van der Waals surface area contributed by atoms with Crippen LogP contribution in [0.5, 0.6) is 0 Å². The molecule has 1 saturated heterocycles. The lowest BCUT2D eigenvalue weighted by Gasteiger charge is -2.45. The third kappa shape index (κ3) is 1.78. The van der Waals surface area contributed by atoms with Crippen molar-refractivity contribution in [3.8, 4) is 0 Å². The summed E-state index contributed by atoms with van der Waals surface area (Å²) in [5, 5.41) is 9.14. The second kappa shape index (κ2) is 4.41. The lowest BCUT2D eigenvalue weighted by Crippen LogP contribution is -2.60. The maximum absolute atomic E-state index is 13.8. The van der Waals surface area contributed by atoms with Crippen LogP contribution in [0.3, 0.4) is 0 Å². The molecule has 0 bridgehead atoms. The van der Waals surface area contributed by atoms with Gasteiger partial charge in [-0.3, -0.25) is 0 Å². The van der Waals surface area contributed by atoms with Gasteiger partial charge >= 0.3 is 0 Å². The summed E-state index contributed by atoms with van der Waals surface area (Å²) < 4.78 is 19.7. The molecule has 1 aliphatic heterocycles. The van der Waals surface area contributed by atoms with Crippen LogP contribution in [0.2, 0.25) is 0 Å². The Kier molecular flexibility index (Phi) is 3.30. The van der Waals surface area contributed by atoms with Gasteiger partial charge in [0.15, 0.2) is 0 Å². The minimum absolute atomic E-state index is 0.185. The van der Waals surface area contributed by atoms with Gasteiger partial charge in [0, 0.05) is 16.1 Å². The molecule has 2 rings (SSSR count). The molecule has 0 spiro atoms. The van der Waals surface area contributed by atoms with Crippen LogP contribution in [0.15, 0.2) is 22.7 Å². The highest BCUT2D eigenvalue weighted by Gasteiger charge is 2.47. The van der Waals surface area contributed by atoms with Crippen molar-refractivity contribution < 1.29 is 14.2 Å². The molecule has 3 N–H and O–H groups in total. The normalized spacial score (nSPS) is 20.2. The molecule has 16 heavy (non-hydrogen) atoms. The molecule has 0 aliphatic carbocycles. The molecule has 1 unspecified atom stereocenters. The van der Waals surface area contributed by atoms with E-state index >= 15 is 0 Å². The Labute approximate surface area is 102 Å². The van der Waals surface area contributed by atoms with E-state index in [2.05, 4.69) is 15.9 Å². The highest BCUT2D eigenvalue weighted by atomic mass is 79.9. The van der Waals surface area contributed by atoms with Gasteiger partial charge in [-0.25, -0.2) is 4.39 Å². The van der Waals surface area contributed by atoms with Crippen molar-refractivity contribution in [3.05, 3.63) is 34.1 Å². The molecule has 0 radical (unpaired) electrons. The second-order valence-electron chi connectivity index (χ2n) is 4.06. The maximum atomic E-state index is 13.8. The summed E-state index contributed by atoms with van der Waals surface area (Å²) in [6.45, 7) is 0.513. The number of aliphatic hydroxyl groups excluding tert-OH is 1. The van der Waals surface area contributed by atoms with Gasteiger partial charge in [-0.05, 0) is 18.2 Å². The second-order valence-corrected chi connectivity index (χ2v) is 4.98. The Morgan fingerprint density at radius 2 is 2.25 bits per heavy atom. The number of ether oxygens (including phenoxy) is 1. The van der Waals surface area contributed by atoms with E-state index in [4.69, 9.17) is 15.6 Å². The zero-order chi connectivity index (χ0) is 11.8. The molecular weight excluding hydrogens is 277 g/mol. The van der Waals surface area contributed by atoms with Crippen LogP contribution in [-0.2, 0) is 10.2 Å². The first-order chi connectivity index (χ1) is 7.60. The van der Waals surface area contributed by atoms with E-state index in [-0.39, 0.29) is 12.4 Å². The molecule has 1 heterocycles. The molecule has 1 fully saturated rings. The van der Waals surface area contributed by atoms with E-state index < -0.39 is 11.5 Å². The van der Waals surface area contributed by atoms with Crippen LogP contribution >= 0.6 is 15.9 Å². The van der Waals surface area contributed by atoms with E-state index in [0.717, 1.165) is 4.47 Å². The zero-order valence-corrected chi connectivity index (χ0v) is 10.2. The van der Waals surface area contributed by atoms with Crippen LogP contribution in [0.25, 0.3) is 0 Å². The molecule has 1 aromatic carbocycles. The molecule has 1 aromatic rings. The first kappa shape index (κ1) is 12.0. The number of hydrogen-bond acceptors (Lipinski definition) is 3. The standard InChI is InChI=1S/C11H13BrFNO2/c12-7-1-2-9(13)8(3-7)11(5-16-6-11)10(14)4-15/h1-3,10,15H,4-6,14H2. The predicted molar refractivity (Wildman–Crippen MR) is 61.7 cm³/mol. The smallest absolute Gasteiger partial charge is 0.127 e. The quantitative estimate of drug-likeness (QED) is 0.879. The highest BCUT2D eigenvalue weighted by molar-refractivity contribution is 9.10. The van der Waals surface area contributed by atoms with E-state index in [1.807, 2.05) is 0 Å². The maximum Gasteiger partial charge on any atom is 0.127 e. The molecule has 1 aliphatic rings. The lowest BCUT2D eigenvalue weighted by molar-refractivity contribution is -0.0813. The van der Waals surface area contributed by atoms with Crippen LogP contribution in [-0.4, -0.2) is 31.0 Å². The molecule has 0 amide bonds. The fourth-order valence-electron chi connectivity index (χ4n) is 1.95.